The van der Waals surface area contributed by atoms with Crippen molar-refractivity contribution in [1.82, 2.24) is 9.97 Å². The molecule has 0 aromatic carbocycles. The quantitative estimate of drug-likeness (QED) is 0.777. The number of nitrogens with one attached hydrogen (secondary N) is 1. The fourth-order valence-corrected chi connectivity index (χ4v) is 2.75. The lowest BCUT2D eigenvalue weighted by Gasteiger charge is -2.09. The predicted octanol–water partition coefficient (Wildman–Crippen LogP) is 3.61. The van der Waals surface area contributed by atoms with Crippen molar-refractivity contribution < 1.29 is 0 Å². The maximum atomic E-state index is 4.33. The summed E-state index contributed by atoms with van der Waals surface area (Å²) in [6.45, 7) is 2.89. The molecule has 3 heterocycles. The van der Waals surface area contributed by atoms with Crippen LogP contribution in [0, 0.1) is 6.92 Å². The molecule has 0 saturated carbocycles. The van der Waals surface area contributed by atoms with Gasteiger partial charge in [0, 0.05) is 25.1 Å². The lowest BCUT2D eigenvalue weighted by Crippen LogP contribution is -2.01. The minimum Gasteiger partial charge on any atom is -0.380 e. The van der Waals surface area contributed by atoms with Gasteiger partial charge in [-0.2, -0.15) is 0 Å². The third kappa shape index (κ3) is 2.07. The lowest BCUT2D eigenvalue weighted by atomic mass is 10.1. The SMILES string of the molecule is Cc1cnccc1CNc1ccnc2ccsc12. The molecule has 0 unspecified atom stereocenters. The molecule has 0 spiro atoms. The summed E-state index contributed by atoms with van der Waals surface area (Å²) in [5.74, 6) is 0. The van der Waals surface area contributed by atoms with Crippen LogP contribution in [0.4, 0.5) is 5.69 Å². The number of anilines is 1. The molecule has 0 bridgehead atoms. The molecule has 4 heteroatoms. The Morgan fingerprint density at radius 1 is 1.22 bits per heavy atom. The van der Waals surface area contributed by atoms with E-state index in [1.165, 1.54) is 15.8 Å². The molecule has 0 atom stereocenters. The number of hydrogen-bond acceptors (Lipinski definition) is 4. The zero-order valence-electron chi connectivity index (χ0n) is 10.1. The van der Waals surface area contributed by atoms with Gasteiger partial charge in [0.1, 0.15) is 0 Å². The first kappa shape index (κ1) is 11.2. The van der Waals surface area contributed by atoms with Gasteiger partial charge in [0.25, 0.3) is 0 Å². The molecule has 0 saturated heterocycles. The summed E-state index contributed by atoms with van der Waals surface area (Å²) in [6.07, 6.45) is 5.57. The highest BCUT2D eigenvalue weighted by Crippen LogP contribution is 2.27. The first-order chi connectivity index (χ1) is 8.84. The van der Waals surface area contributed by atoms with Gasteiger partial charge in [0.15, 0.2) is 0 Å². The van der Waals surface area contributed by atoms with E-state index in [1.54, 1.807) is 11.3 Å². The first-order valence-electron chi connectivity index (χ1n) is 5.80. The summed E-state index contributed by atoms with van der Waals surface area (Å²) in [5.41, 5.74) is 4.68. The van der Waals surface area contributed by atoms with E-state index in [4.69, 9.17) is 0 Å². The average molecular weight is 255 g/mol. The molecular formula is C14H13N3S. The maximum Gasteiger partial charge on any atom is 0.0830 e. The Hall–Kier alpha value is -1.94. The van der Waals surface area contributed by atoms with Crippen LogP contribution in [-0.2, 0) is 6.54 Å². The monoisotopic (exact) mass is 255 g/mol. The normalized spacial score (nSPS) is 10.7. The standard InChI is InChI=1S/C14H13N3S/c1-10-8-15-5-2-11(10)9-17-12-3-6-16-13-4-7-18-14(12)13/h2-8H,9H2,1H3,(H,16,17). The summed E-state index contributed by atoms with van der Waals surface area (Å²) in [7, 11) is 0. The van der Waals surface area contributed by atoms with Gasteiger partial charge in [0.05, 0.1) is 15.9 Å². The molecule has 90 valence electrons. The van der Waals surface area contributed by atoms with Crippen molar-refractivity contribution >= 4 is 27.2 Å². The third-order valence-electron chi connectivity index (χ3n) is 2.95. The van der Waals surface area contributed by atoms with Gasteiger partial charge in [-0.05, 0) is 41.6 Å². The zero-order chi connectivity index (χ0) is 12.4. The van der Waals surface area contributed by atoms with Gasteiger partial charge in [0.2, 0.25) is 0 Å². The number of pyridine rings is 2. The fraction of sp³-hybridized carbons (Fsp3) is 0.143. The van der Waals surface area contributed by atoms with E-state index in [1.807, 2.05) is 30.7 Å². The Kier molecular flexibility index (Phi) is 2.94. The molecule has 3 aromatic heterocycles. The summed E-state index contributed by atoms with van der Waals surface area (Å²) in [5, 5.41) is 5.54. The van der Waals surface area contributed by atoms with Crippen LogP contribution in [0.15, 0.2) is 42.2 Å². The van der Waals surface area contributed by atoms with E-state index in [0.29, 0.717) is 0 Å². The van der Waals surface area contributed by atoms with Crippen molar-refractivity contribution in [3.05, 3.63) is 53.3 Å². The Bertz CT molecular complexity index is 675. The molecule has 0 amide bonds. The van der Waals surface area contributed by atoms with Gasteiger partial charge < -0.3 is 5.32 Å². The Labute approximate surface area is 110 Å². The first-order valence-corrected chi connectivity index (χ1v) is 6.68. The number of aromatic nitrogens is 2. The van der Waals surface area contributed by atoms with Crippen molar-refractivity contribution in [3.8, 4) is 0 Å². The number of nitrogens with zero attached hydrogens (tertiary/aromatic N) is 2. The van der Waals surface area contributed by atoms with Crippen molar-refractivity contribution in [1.29, 1.82) is 0 Å². The van der Waals surface area contributed by atoms with Crippen molar-refractivity contribution in [2.45, 2.75) is 13.5 Å². The van der Waals surface area contributed by atoms with Crippen molar-refractivity contribution in [2.24, 2.45) is 0 Å². The van der Waals surface area contributed by atoms with Gasteiger partial charge in [-0.25, -0.2) is 0 Å². The van der Waals surface area contributed by atoms with Crippen LogP contribution in [0.2, 0.25) is 0 Å². The zero-order valence-corrected chi connectivity index (χ0v) is 10.9. The van der Waals surface area contributed by atoms with Crippen LogP contribution in [-0.4, -0.2) is 9.97 Å². The molecule has 0 aliphatic carbocycles. The largest absolute Gasteiger partial charge is 0.380 e. The summed E-state index contributed by atoms with van der Waals surface area (Å²) < 4.78 is 1.21. The molecule has 0 aliphatic rings. The van der Waals surface area contributed by atoms with Crippen LogP contribution in [0.25, 0.3) is 10.2 Å². The van der Waals surface area contributed by atoms with Gasteiger partial charge in [-0.15, -0.1) is 11.3 Å². The third-order valence-corrected chi connectivity index (χ3v) is 3.89. The van der Waals surface area contributed by atoms with Crippen molar-refractivity contribution in [3.63, 3.8) is 0 Å². The van der Waals surface area contributed by atoms with E-state index < -0.39 is 0 Å². The second-order valence-electron chi connectivity index (χ2n) is 4.15. The van der Waals surface area contributed by atoms with Gasteiger partial charge in [-0.3, -0.25) is 9.97 Å². The highest BCUT2D eigenvalue weighted by molar-refractivity contribution is 7.17. The summed E-state index contributed by atoms with van der Waals surface area (Å²) in [4.78, 5) is 8.44. The lowest BCUT2D eigenvalue weighted by molar-refractivity contribution is 1.09. The van der Waals surface area contributed by atoms with Crippen LogP contribution in [0.1, 0.15) is 11.1 Å². The number of rotatable bonds is 3. The van der Waals surface area contributed by atoms with Crippen LogP contribution >= 0.6 is 11.3 Å². The second kappa shape index (κ2) is 4.74. The van der Waals surface area contributed by atoms with Gasteiger partial charge in [-0.1, -0.05) is 0 Å². The topological polar surface area (TPSA) is 37.8 Å². The highest BCUT2D eigenvalue weighted by Gasteiger charge is 2.03. The Balaban J connectivity index is 1.85. The van der Waals surface area contributed by atoms with E-state index in [2.05, 4.69) is 33.7 Å². The van der Waals surface area contributed by atoms with E-state index in [0.717, 1.165) is 17.7 Å². The maximum absolute atomic E-state index is 4.33. The van der Waals surface area contributed by atoms with E-state index in [9.17, 15) is 0 Å². The van der Waals surface area contributed by atoms with E-state index >= 15 is 0 Å². The minimum absolute atomic E-state index is 0.811. The smallest absolute Gasteiger partial charge is 0.0830 e. The molecule has 0 fully saturated rings. The molecule has 0 radical (unpaired) electrons. The number of aryl methyl sites for hydroxylation is 1. The fourth-order valence-electron chi connectivity index (χ4n) is 1.90. The summed E-state index contributed by atoms with van der Waals surface area (Å²) >= 11 is 1.72. The van der Waals surface area contributed by atoms with E-state index in [-0.39, 0.29) is 0 Å². The van der Waals surface area contributed by atoms with Crippen LogP contribution < -0.4 is 5.32 Å². The molecule has 18 heavy (non-hydrogen) atoms. The van der Waals surface area contributed by atoms with Crippen molar-refractivity contribution in [2.75, 3.05) is 5.32 Å². The predicted molar refractivity (Wildman–Crippen MR) is 75.9 cm³/mol. The Morgan fingerprint density at radius 2 is 2.17 bits per heavy atom. The van der Waals surface area contributed by atoms with Crippen LogP contribution in [0.5, 0.6) is 0 Å². The number of hydrogen-bond donors (Lipinski definition) is 1. The molecular weight excluding hydrogens is 242 g/mol. The molecule has 1 N–H and O–H groups in total. The Morgan fingerprint density at radius 3 is 3.06 bits per heavy atom. The van der Waals surface area contributed by atoms with Crippen LogP contribution in [0.3, 0.4) is 0 Å². The van der Waals surface area contributed by atoms with Gasteiger partial charge >= 0.3 is 0 Å². The molecule has 0 aliphatic heterocycles. The molecule has 3 rings (SSSR count). The highest BCUT2D eigenvalue weighted by atomic mass is 32.1. The molecule has 3 aromatic rings. The average Bonchev–Trinajstić information content (AvgIpc) is 2.86. The second-order valence-corrected chi connectivity index (χ2v) is 5.07. The minimum atomic E-state index is 0.811. The number of fused-ring (bicyclic) bond motifs is 1. The molecule has 3 nitrogen and oxygen atoms in total. The summed E-state index contributed by atoms with van der Waals surface area (Å²) in [6, 6.07) is 6.12. The number of thiophene rings is 1.